The first-order valence-electron chi connectivity index (χ1n) is 6.65. The zero-order valence-electron chi connectivity index (χ0n) is 10.5. The molecule has 2 rings (SSSR count). The van der Waals surface area contributed by atoms with Crippen LogP contribution in [0.15, 0.2) is 24.3 Å². The highest BCUT2D eigenvalue weighted by Crippen LogP contribution is 2.33. The van der Waals surface area contributed by atoms with Crippen LogP contribution in [-0.4, -0.2) is 16.3 Å². The van der Waals surface area contributed by atoms with Crippen molar-refractivity contribution in [2.75, 3.05) is 0 Å². The zero-order valence-corrected chi connectivity index (χ0v) is 10.5. The predicted octanol–water partition coefficient (Wildman–Crippen LogP) is 3.12. The monoisotopic (exact) mass is 234 g/mol. The Bertz CT molecular complexity index is 362. The van der Waals surface area contributed by atoms with E-state index in [2.05, 4.69) is 6.92 Å². The van der Waals surface area contributed by atoms with Crippen LogP contribution >= 0.6 is 0 Å². The van der Waals surface area contributed by atoms with Gasteiger partial charge < -0.3 is 10.2 Å². The average molecular weight is 234 g/mol. The van der Waals surface area contributed by atoms with E-state index in [9.17, 15) is 10.2 Å². The van der Waals surface area contributed by atoms with Crippen molar-refractivity contribution in [3.63, 3.8) is 0 Å². The highest BCUT2D eigenvalue weighted by molar-refractivity contribution is 5.27. The molecule has 0 aromatic heterocycles. The number of hydrogen-bond donors (Lipinski definition) is 2. The molecule has 3 unspecified atom stereocenters. The molecule has 0 radical (unpaired) electrons. The number of aliphatic hydroxyl groups excluding tert-OH is 1. The Morgan fingerprint density at radius 3 is 2.82 bits per heavy atom. The van der Waals surface area contributed by atoms with Crippen LogP contribution in [0.1, 0.15) is 38.2 Å². The number of phenolic OH excluding ortho intramolecular Hbond substituents is 1. The second-order valence-corrected chi connectivity index (χ2v) is 5.29. The van der Waals surface area contributed by atoms with E-state index < -0.39 is 0 Å². The lowest BCUT2D eigenvalue weighted by atomic mass is 9.76. The Morgan fingerprint density at radius 2 is 2.12 bits per heavy atom. The number of rotatable bonds is 3. The van der Waals surface area contributed by atoms with Crippen molar-refractivity contribution < 1.29 is 10.2 Å². The summed E-state index contributed by atoms with van der Waals surface area (Å²) in [6.07, 6.45) is 5.14. The van der Waals surface area contributed by atoms with Gasteiger partial charge in [-0.25, -0.2) is 0 Å². The van der Waals surface area contributed by atoms with Gasteiger partial charge in [0.05, 0.1) is 6.10 Å². The van der Waals surface area contributed by atoms with Crippen LogP contribution in [0.3, 0.4) is 0 Å². The molecule has 2 nitrogen and oxygen atoms in total. The maximum absolute atomic E-state index is 10.1. The van der Waals surface area contributed by atoms with E-state index >= 15 is 0 Å². The first-order chi connectivity index (χ1) is 8.19. The Labute approximate surface area is 103 Å². The van der Waals surface area contributed by atoms with Crippen molar-refractivity contribution in [2.24, 2.45) is 11.8 Å². The molecule has 1 aliphatic carbocycles. The Kier molecular flexibility index (Phi) is 4.06. The summed E-state index contributed by atoms with van der Waals surface area (Å²) in [5, 5.41) is 19.5. The topological polar surface area (TPSA) is 40.5 Å². The second kappa shape index (κ2) is 5.54. The van der Waals surface area contributed by atoms with Crippen LogP contribution < -0.4 is 0 Å². The minimum Gasteiger partial charge on any atom is -0.508 e. The van der Waals surface area contributed by atoms with Crippen molar-refractivity contribution in [1.82, 2.24) is 0 Å². The standard InChI is InChI=1S/C15H22O2/c1-2-11-6-7-15(17)13(8-11)9-12-4-3-5-14(16)10-12/h3-5,10-11,13,15-17H,2,6-9H2,1H3. The van der Waals surface area contributed by atoms with Gasteiger partial charge in [0.2, 0.25) is 0 Å². The number of hydrogen-bond acceptors (Lipinski definition) is 2. The van der Waals surface area contributed by atoms with Gasteiger partial charge >= 0.3 is 0 Å². The quantitative estimate of drug-likeness (QED) is 0.843. The van der Waals surface area contributed by atoms with E-state index in [0.717, 1.165) is 37.2 Å². The molecule has 1 aromatic carbocycles. The molecule has 2 heteroatoms. The zero-order chi connectivity index (χ0) is 12.3. The third-order valence-corrected chi connectivity index (χ3v) is 4.04. The fourth-order valence-electron chi connectivity index (χ4n) is 2.92. The molecule has 2 N–H and O–H groups in total. The Morgan fingerprint density at radius 1 is 1.29 bits per heavy atom. The molecule has 0 bridgehead atoms. The highest BCUT2D eigenvalue weighted by Gasteiger charge is 2.28. The Balaban J connectivity index is 2.01. The minimum absolute atomic E-state index is 0.167. The van der Waals surface area contributed by atoms with Gasteiger partial charge in [0.15, 0.2) is 0 Å². The van der Waals surface area contributed by atoms with E-state index in [4.69, 9.17) is 0 Å². The molecule has 1 saturated carbocycles. The number of aromatic hydroxyl groups is 1. The maximum Gasteiger partial charge on any atom is 0.115 e. The predicted molar refractivity (Wildman–Crippen MR) is 68.9 cm³/mol. The molecule has 0 spiro atoms. The molecule has 0 amide bonds. The van der Waals surface area contributed by atoms with Crippen LogP contribution in [0.2, 0.25) is 0 Å². The third kappa shape index (κ3) is 3.22. The molecule has 3 atom stereocenters. The van der Waals surface area contributed by atoms with Crippen molar-refractivity contribution >= 4 is 0 Å². The summed E-state index contributed by atoms with van der Waals surface area (Å²) < 4.78 is 0. The van der Waals surface area contributed by atoms with Gasteiger partial charge in [-0.3, -0.25) is 0 Å². The lowest BCUT2D eigenvalue weighted by Crippen LogP contribution is -2.30. The van der Waals surface area contributed by atoms with Gasteiger partial charge in [0.25, 0.3) is 0 Å². The molecule has 0 heterocycles. The molecular formula is C15H22O2. The van der Waals surface area contributed by atoms with E-state index in [1.165, 1.54) is 6.42 Å². The first kappa shape index (κ1) is 12.4. The molecule has 1 aromatic rings. The fourth-order valence-corrected chi connectivity index (χ4v) is 2.92. The fraction of sp³-hybridized carbons (Fsp3) is 0.600. The minimum atomic E-state index is -0.167. The van der Waals surface area contributed by atoms with Crippen molar-refractivity contribution in [1.29, 1.82) is 0 Å². The third-order valence-electron chi connectivity index (χ3n) is 4.04. The largest absolute Gasteiger partial charge is 0.508 e. The van der Waals surface area contributed by atoms with Crippen LogP contribution in [0.5, 0.6) is 5.75 Å². The molecule has 0 saturated heterocycles. The van der Waals surface area contributed by atoms with Crippen LogP contribution in [-0.2, 0) is 6.42 Å². The van der Waals surface area contributed by atoms with Crippen molar-refractivity contribution in [2.45, 2.75) is 45.1 Å². The van der Waals surface area contributed by atoms with Gasteiger partial charge in [-0.15, -0.1) is 0 Å². The first-order valence-corrected chi connectivity index (χ1v) is 6.65. The summed E-state index contributed by atoms with van der Waals surface area (Å²) in [5.41, 5.74) is 1.13. The summed E-state index contributed by atoms with van der Waals surface area (Å²) in [6, 6.07) is 7.40. The Hall–Kier alpha value is -1.02. The molecule has 17 heavy (non-hydrogen) atoms. The second-order valence-electron chi connectivity index (χ2n) is 5.29. The number of benzene rings is 1. The van der Waals surface area contributed by atoms with Gasteiger partial charge in [0.1, 0.15) is 5.75 Å². The van der Waals surface area contributed by atoms with E-state index in [1.54, 1.807) is 6.07 Å². The summed E-state index contributed by atoms with van der Waals surface area (Å²) in [5.74, 6) is 1.44. The molecular weight excluding hydrogens is 212 g/mol. The van der Waals surface area contributed by atoms with Crippen LogP contribution in [0.25, 0.3) is 0 Å². The van der Waals surface area contributed by atoms with E-state index in [1.807, 2.05) is 18.2 Å². The lowest BCUT2D eigenvalue weighted by molar-refractivity contribution is 0.0474. The smallest absolute Gasteiger partial charge is 0.115 e. The van der Waals surface area contributed by atoms with Gasteiger partial charge in [-0.05, 0) is 55.2 Å². The van der Waals surface area contributed by atoms with Crippen molar-refractivity contribution in [3.8, 4) is 5.75 Å². The summed E-state index contributed by atoms with van der Waals surface area (Å²) in [7, 11) is 0. The number of aliphatic hydroxyl groups is 1. The molecule has 1 fully saturated rings. The van der Waals surface area contributed by atoms with Crippen LogP contribution in [0, 0.1) is 11.8 Å². The maximum atomic E-state index is 10.1. The SMILES string of the molecule is CCC1CCC(O)C(Cc2cccc(O)c2)C1. The van der Waals surface area contributed by atoms with Crippen molar-refractivity contribution in [3.05, 3.63) is 29.8 Å². The lowest BCUT2D eigenvalue weighted by Gasteiger charge is -2.33. The summed E-state index contributed by atoms with van der Waals surface area (Å²) in [6.45, 7) is 2.23. The van der Waals surface area contributed by atoms with Crippen LogP contribution in [0.4, 0.5) is 0 Å². The number of phenols is 1. The average Bonchev–Trinajstić information content (AvgIpc) is 2.32. The highest BCUT2D eigenvalue weighted by atomic mass is 16.3. The normalized spacial score (nSPS) is 29.2. The van der Waals surface area contributed by atoms with Gasteiger partial charge in [0, 0.05) is 0 Å². The molecule has 1 aliphatic rings. The summed E-state index contributed by atoms with van der Waals surface area (Å²) >= 11 is 0. The molecule has 94 valence electrons. The van der Waals surface area contributed by atoms with Gasteiger partial charge in [-0.1, -0.05) is 25.5 Å². The van der Waals surface area contributed by atoms with Gasteiger partial charge in [-0.2, -0.15) is 0 Å². The van der Waals surface area contributed by atoms with E-state index in [-0.39, 0.29) is 6.10 Å². The molecule has 0 aliphatic heterocycles. The van der Waals surface area contributed by atoms with E-state index in [0.29, 0.717) is 11.7 Å². The summed E-state index contributed by atoms with van der Waals surface area (Å²) in [4.78, 5) is 0.